The molecule has 2 aliphatic rings. The zero-order chi connectivity index (χ0) is 26.6. The van der Waals surface area contributed by atoms with Gasteiger partial charge in [-0.2, -0.15) is 4.39 Å². The van der Waals surface area contributed by atoms with Crippen LogP contribution in [-0.4, -0.2) is 6.61 Å². The van der Waals surface area contributed by atoms with Crippen LogP contribution in [0.4, 0.5) is 17.6 Å². The summed E-state index contributed by atoms with van der Waals surface area (Å²) >= 11 is 0. The van der Waals surface area contributed by atoms with Crippen molar-refractivity contribution in [1.29, 1.82) is 0 Å². The van der Waals surface area contributed by atoms with E-state index in [1.165, 1.54) is 50.3 Å². The van der Waals surface area contributed by atoms with Gasteiger partial charge in [-0.05, 0) is 72.3 Å². The van der Waals surface area contributed by atoms with Gasteiger partial charge in [-0.25, -0.2) is 13.2 Å². The minimum atomic E-state index is -1.08. The highest BCUT2D eigenvalue weighted by atomic mass is 19.2. The van der Waals surface area contributed by atoms with Crippen LogP contribution in [-0.2, 0) is 0 Å². The second kappa shape index (κ2) is 11.8. The van der Waals surface area contributed by atoms with Crippen LogP contribution in [0.3, 0.4) is 0 Å². The van der Waals surface area contributed by atoms with Gasteiger partial charge in [0.25, 0.3) is 0 Å². The summed E-state index contributed by atoms with van der Waals surface area (Å²) in [4.78, 5) is 0. The van der Waals surface area contributed by atoms with Crippen LogP contribution < -0.4 is 4.74 Å². The summed E-state index contributed by atoms with van der Waals surface area (Å²) in [5.41, 5.74) is 1.60. The molecule has 2 fully saturated rings. The molecule has 0 atom stereocenters. The zero-order valence-corrected chi connectivity index (χ0v) is 21.6. The molecule has 0 amide bonds. The molecule has 2 aliphatic carbocycles. The Balaban J connectivity index is 1.31. The molecular formula is C33H34F4O. The number of hydrogen-bond acceptors (Lipinski definition) is 1. The lowest BCUT2D eigenvalue weighted by Gasteiger charge is -2.36. The van der Waals surface area contributed by atoms with Gasteiger partial charge in [-0.1, -0.05) is 81.2 Å². The molecule has 0 aromatic heterocycles. The highest BCUT2D eigenvalue weighted by Gasteiger charge is 2.31. The first-order valence-electron chi connectivity index (χ1n) is 13.8. The van der Waals surface area contributed by atoms with Gasteiger partial charge in [0.15, 0.2) is 23.2 Å². The van der Waals surface area contributed by atoms with Crippen molar-refractivity contribution in [2.24, 2.45) is 11.8 Å². The van der Waals surface area contributed by atoms with E-state index in [1.807, 2.05) is 0 Å². The van der Waals surface area contributed by atoms with Crippen molar-refractivity contribution in [2.45, 2.75) is 63.7 Å². The highest BCUT2D eigenvalue weighted by molar-refractivity contribution is 5.72. The Morgan fingerprint density at radius 3 is 1.79 bits per heavy atom. The van der Waals surface area contributed by atoms with Crippen molar-refractivity contribution in [3.05, 3.63) is 90.0 Å². The van der Waals surface area contributed by atoms with E-state index in [1.54, 1.807) is 36.4 Å². The Hall–Kier alpha value is -3.08. The van der Waals surface area contributed by atoms with Crippen LogP contribution in [0, 0.1) is 35.1 Å². The summed E-state index contributed by atoms with van der Waals surface area (Å²) in [6.07, 6.45) is 12.1. The van der Waals surface area contributed by atoms with E-state index >= 15 is 8.78 Å². The molecule has 0 N–H and O–H groups in total. The summed E-state index contributed by atoms with van der Waals surface area (Å²) in [6.45, 7) is 3.56. The molecule has 2 saturated carbocycles. The van der Waals surface area contributed by atoms with E-state index in [0.717, 1.165) is 37.5 Å². The normalized spacial score (nSPS) is 20.3. The van der Waals surface area contributed by atoms with E-state index in [2.05, 4.69) is 6.58 Å². The lowest BCUT2D eigenvalue weighted by Crippen LogP contribution is -2.23. The van der Waals surface area contributed by atoms with Gasteiger partial charge in [0.1, 0.15) is 6.61 Å². The van der Waals surface area contributed by atoms with Gasteiger partial charge in [-0.15, -0.1) is 0 Å². The van der Waals surface area contributed by atoms with Crippen molar-refractivity contribution in [3.8, 4) is 28.0 Å². The van der Waals surface area contributed by atoms with Crippen molar-refractivity contribution in [1.82, 2.24) is 0 Å². The van der Waals surface area contributed by atoms with Crippen molar-refractivity contribution < 1.29 is 22.3 Å². The number of ether oxygens (including phenoxy) is 1. The highest BCUT2D eigenvalue weighted by Crippen LogP contribution is 2.44. The molecule has 0 unspecified atom stereocenters. The molecule has 0 aliphatic heterocycles. The monoisotopic (exact) mass is 522 g/mol. The summed E-state index contributed by atoms with van der Waals surface area (Å²) in [6, 6.07) is 12.5. The molecule has 3 aromatic carbocycles. The second-order valence-electron chi connectivity index (χ2n) is 10.8. The first-order valence-corrected chi connectivity index (χ1v) is 13.8. The standard InChI is InChI=1S/C33H34F4O/c1-2-20-38-29-19-18-28(32(36)33(29)37)25-14-12-24(13-15-25)27-17-16-26(30(34)31(27)35)23-10-8-22(9-11-23)21-6-4-3-5-7-21/h2,12-19,21-23H,1,3-11,20H2. The molecule has 0 bridgehead atoms. The SMILES string of the molecule is C=CCOc1ccc(-c2ccc(-c3ccc(C4CCC(C5CCCCC5)CC4)c(F)c3F)cc2)c(F)c1F. The summed E-state index contributed by atoms with van der Waals surface area (Å²) in [7, 11) is 0. The van der Waals surface area contributed by atoms with E-state index in [9.17, 15) is 8.78 Å². The third-order valence-corrected chi connectivity index (χ3v) is 8.55. The third kappa shape index (κ3) is 5.39. The van der Waals surface area contributed by atoms with Gasteiger partial charge in [0.05, 0.1) is 0 Å². The minimum Gasteiger partial charge on any atom is -0.486 e. The van der Waals surface area contributed by atoms with Gasteiger partial charge >= 0.3 is 0 Å². The fraction of sp³-hybridized carbons (Fsp3) is 0.394. The predicted molar refractivity (Wildman–Crippen MR) is 144 cm³/mol. The van der Waals surface area contributed by atoms with Crippen molar-refractivity contribution >= 4 is 0 Å². The molecule has 200 valence electrons. The van der Waals surface area contributed by atoms with Crippen LogP contribution >= 0.6 is 0 Å². The van der Waals surface area contributed by atoms with E-state index in [0.29, 0.717) is 16.7 Å². The summed E-state index contributed by atoms with van der Waals surface area (Å²) in [5.74, 6) is -2.33. The molecule has 0 saturated heterocycles. The molecule has 5 rings (SSSR count). The Morgan fingerprint density at radius 2 is 1.18 bits per heavy atom. The van der Waals surface area contributed by atoms with Crippen molar-refractivity contribution in [2.75, 3.05) is 6.61 Å². The van der Waals surface area contributed by atoms with Crippen LogP contribution in [0.25, 0.3) is 22.3 Å². The number of hydrogen-bond donors (Lipinski definition) is 0. The Bertz CT molecular complexity index is 1270. The predicted octanol–water partition coefficient (Wildman–Crippen LogP) is 10.00. The minimum absolute atomic E-state index is 0.0528. The van der Waals surface area contributed by atoms with E-state index in [4.69, 9.17) is 4.74 Å². The fourth-order valence-corrected chi connectivity index (χ4v) is 6.45. The van der Waals surface area contributed by atoms with Crippen LogP contribution in [0.15, 0.2) is 61.2 Å². The molecule has 0 radical (unpaired) electrons. The Morgan fingerprint density at radius 1 is 0.632 bits per heavy atom. The van der Waals surface area contributed by atoms with Crippen LogP contribution in [0.2, 0.25) is 0 Å². The first kappa shape index (κ1) is 26.5. The summed E-state index contributed by atoms with van der Waals surface area (Å²) in [5, 5.41) is 0. The fourth-order valence-electron chi connectivity index (χ4n) is 6.45. The number of rotatable bonds is 7. The number of halogens is 4. The molecule has 38 heavy (non-hydrogen) atoms. The molecule has 1 nitrogen and oxygen atoms in total. The second-order valence-corrected chi connectivity index (χ2v) is 10.8. The van der Waals surface area contributed by atoms with E-state index < -0.39 is 23.3 Å². The molecule has 0 spiro atoms. The maximum Gasteiger partial charge on any atom is 0.201 e. The third-order valence-electron chi connectivity index (χ3n) is 8.55. The lowest BCUT2D eigenvalue weighted by atomic mass is 9.70. The Labute approximate surface area is 222 Å². The topological polar surface area (TPSA) is 9.23 Å². The lowest BCUT2D eigenvalue weighted by molar-refractivity contribution is 0.185. The quantitative estimate of drug-likeness (QED) is 0.222. The molecular weight excluding hydrogens is 488 g/mol. The van der Waals surface area contributed by atoms with Crippen LogP contribution in [0.5, 0.6) is 5.75 Å². The summed E-state index contributed by atoms with van der Waals surface area (Å²) < 4.78 is 64.7. The molecule has 0 heterocycles. The average molecular weight is 523 g/mol. The molecule has 5 heteroatoms. The van der Waals surface area contributed by atoms with Crippen molar-refractivity contribution in [3.63, 3.8) is 0 Å². The molecule has 3 aromatic rings. The Kier molecular flexibility index (Phi) is 8.21. The van der Waals surface area contributed by atoms with Gasteiger partial charge in [0, 0.05) is 11.1 Å². The average Bonchev–Trinajstić information content (AvgIpc) is 2.96. The van der Waals surface area contributed by atoms with Crippen LogP contribution in [0.1, 0.15) is 69.3 Å². The maximum atomic E-state index is 15.3. The van der Waals surface area contributed by atoms with Gasteiger partial charge < -0.3 is 4.74 Å². The maximum absolute atomic E-state index is 15.3. The zero-order valence-electron chi connectivity index (χ0n) is 21.6. The number of benzene rings is 3. The first-order chi connectivity index (χ1) is 18.5. The van der Waals surface area contributed by atoms with Gasteiger partial charge in [-0.3, -0.25) is 0 Å². The van der Waals surface area contributed by atoms with Gasteiger partial charge in [0.2, 0.25) is 5.82 Å². The smallest absolute Gasteiger partial charge is 0.201 e. The van der Waals surface area contributed by atoms with E-state index in [-0.39, 0.29) is 29.4 Å². The largest absolute Gasteiger partial charge is 0.486 e.